The Morgan fingerprint density at radius 2 is 1.68 bits per heavy atom. The van der Waals surface area contributed by atoms with Gasteiger partial charge in [-0.25, -0.2) is 9.59 Å². The average Bonchev–Trinajstić information content (AvgIpc) is 2.08. The van der Waals surface area contributed by atoms with Crippen LogP contribution in [0, 0.1) is 0 Å². The molecule has 0 aromatic rings. The number of alkyl carbamates (subject to hydrolysis) is 1. The molecule has 1 aliphatic heterocycles. The van der Waals surface area contributed by atoms with E-state index in [4.69, 9.17) is 14.6 Å². The van der Waals surface area contributed by atoms with E-state index >= 15 is 0 Å². The second kappa shape index (κ2) is 6.60. The van der Waals surface area contributed by atoms with Crippen molar-refractivity contribution >= 4 is 12.1 Å². The van der Waals surface area contributed by atoms with Gasteiger partial charge >= 0.3 is 18.2 Å². The van der Waals surface area contributed by atoms with Crippen molar-refractivity contribution in [1.29, 1.82) is 0 Å². The van der Waals surface area contributed by atoms with Gasteiger partial charge in [0.05, 0.1) is 6.04 Å². The van der Waals surface area contributed by atoms with Gasteiger partial charge in [-0.3, -0.25) is 0 Å². The molecule has 3 N–H and O–H groups in total. The van der Waals surface area contributed by atoms with Crippen LogP contribution in [0.25, 0.3) is 0 Å². The van der Waals surface area contributed by atoms with Gasteiger partial charge < -0.3 is 20.5 Å². The first-order valence-corrected chi connectivity index (χ1v) is 5.42. The number of carbonyl (C=O) groups is 2. The molecule has 0 aromatic carbocycles. The summed E-state index contributed by atoms with van der Waals surface area (Å²) in [6, 6.07) is 0.250. The highest BCUT2D eigenvalue weighted by Gasteiger charge is 2.38. The molecule has 6 nitrogen and oxygen atoms in total. The monoisotopic (exact) mass is 286 g/mol. The van der Waals surface area contributed by atoms with E-state index in [-0.39, 0.29) is 12.1 Å². The maximum absolute atomic E-state index is 11.1. The minimum atomic E-state index is -5.08. The first-order chi connectivity index (χ1) is 8.42. The number of ether oxygens (including phenoxy) is 1. The van der Waals surface area contributed by atoms with Gasteiger partial charge in [-0.05, 0) is 20.8 Å². The molecule has 1 fully saturated rings. The topological polar surface area (TPSA) is 87.7 Å². The number of nitrogens with one attached hydrogen (secondary N) is 2. The molecule has 0 spiro atoms. The molecular formula is C10H17F3N2O4. The lowest BCUT2D eigenvalue weighted by Crippen LogP contribution is -2.57. The van der Waals surface area contributed by atoms with Crippen molar-refractivity contribution < 1.29 is 32.6 Å². The number of halogens is 3. The normalized spacial score (nSPS) is 15.7. The molecule has 1 aliphatic rings. The summed E-state index contributed by atoms with van der Waals surface area (Å²) in [5.41, 5.74) is -0.402. The van der Waals surface area contributed by atoms with Crippen molar-refractivity contribution in [3.63, 3.8) is 0 Å². The summed E-state index contributed by atoms with van der Waals surface area (Å²) in [4.78, 5) is 20.0. The highest BCUT2D eigenvalue weighted by molar-refractivity contribution is 5.73. The average molecular weight is 286 g/mol. The van der Waals surface area contributed by atoms with Crippen LogP contribution in [0.5, 0.6) is 0 Å². The fourth-order valence-electron chi connectivity index (χ4n) is 0.865. The Hall–Kier alpha value is -1.51. The third kappa shape index (κ3) is 9.11. The van der Waals surface area contributed by atoms with E-state index in [1.54, 1.807) is 0 Å². The van der Waals surface area contributed by atoms with Gasteiger partial charge in [0.15, 0.2) is 0 Å². The Bertz CT molecular complexity index is 322. The second-order valence-corrected chi connectivity index (χ2v) is 4.80. The molecule has 1 amide bonds. The van der Waals surface area contributed by atoms with Gasteiger partial charge in [-0.1, -0.05) is 0 Å². The summed E-state index contributed by atoms with van der Waals surface area (Å²) in [7, 11) is 0. The van der Waals surface area contributed by atoms with Crippen molar-refractivity contribution in [1.82, 2.24) is 10.6 Å². The van der Waals surface area contributed by atoms with E-state index in [2.05, 4.69) is 10.6 Å². The van der Waals surface area contributed by atoms with Gasteiger partial charge in [0.1, 0.15) is 5.60 Å². The van der Waals surface area contributed by atoms with E-state index < -0.39 is 17.7 Å². The molecule has 0 saturated carbocycles. The fourth-order valence-corrected chi connectivity index (χ4v) is 0.865. The third-order valence-corrected chi connectivity index (χ3v) is 1.74. The van der Waals surface area contributed by atoms with Crippen molar-refractivity contribution in [2.24, 2.45) is 0 Å². The SMILES string of the molecule is CC(C)(C)OC(=O)NC1CNC1.O=C(O)C(F)(F)F. The standard InChI is InChI=1S/C8H16N2O2.C2HF3O2/c1-8(2,3)12-7(11)10-6-4-9-5-6;3-2(4,5)1(6)7/h6,9H,4-5H2,1-3H3,(H,10,11);(H,6,7). The molecule has 0 aliphatic carbocycles. The van der Waals surface area contributed by atoms with Gasteiger partial charge in [0.25, 0.3) is 0 Å². The number of carbonyl (C=O) groups excluding carboxylic acids is 1. The highest BCUT2D eigenvalue weighted by Crippen LogP contribution is 2.13. The smallest absolute Gasteiger partial charge is 0.475 e. The number of amides is 1. The summed E-state index contributed by atoms with van der Waals surface area (Å²) in [6.07, 6.45) is -5.41. The highest BCUT2D eigenvalue weighted by atomic mass is 19.4. The van der Waals surface area contributed by atoms with Crippen molar-refractivity contribution in [3.05, 3.63) is 0 Å². The molecule has 0 unspecified atom stereocenters. The second-order valence-electron chi connectivity index (χ2n) is 4.80. The summed E-state index contributed by atoms with van der Waals surface area (Å²) >= 11 is 0. The molecule has 1 saturated heterocycles. The lowest BCUT2D eigenvalue weighted by atomic mass is 10.2. The Balaban J connectivity index is 0.000000399. The van der Waals surface area contributed by atoms with Crippen LogP contribution in [0.1, 0.15) is 20.8 Å². The Morgan fingerprint density at radius 1 is 1.26 bits per heavy atom. The van der Waals surface area contributed by atoms with E-state index in [0.717, 1.165) is 13.1 Å². The maximum Gasteiger partial charge on any atom is 0.490 e. The van der Waals surface area contributed by atoms with Crippen LogP contribution in [-0.2, 0) is 9.53 Å². The molecule has 19 heavy (non-hydrogen) atoms. The lowest BCUT2D eigenvalue weighted by Gasteiger charge is -2.29. The quantitative estimate of drug-likeness (QED) is 0.672. The van der Waals surface area contributed by atoms with Crippen LogP contribution in [-0.4, -0.2) is 48.1 Å². The number of alkyl halides is 3. The van der Waals surface area contributed by atoms with Gasteiger partial charge in [-0.2, -0.15) is 13.2 Å². The summed E-state index contributed by atoms with van der Waals surface area (Å²) in [5.74, 6) is -2.76. The van der Waals surface area contributed by atoms with Gasteiger partial charge in [-0.15, -0.1) is 0 Å². The van der Waals surface area contributed by atoms with Gasteiger partial charge in [0.2, 0.25) is 0 Å². The summed E-state index contributed by atoms with van der Waals surface area (Å²) in [5, 5.41) is 12.9. The lowest BCUT2D eigenvalue weighted by molar-refractivity contribution is -0.192. The first kappa shape index (κ1) is 17.5. The molecule has 1 rings (SSSR count). The summed E-state index contributed by atoms with van der Waals surface area (Å²) < 4.78 is 36.8. The predicted molar refractivity (Wildman–Crippen MR) is 59.7 cm³/mol. The number of aliphatic carboxylic acids is 1. The van der Waals surface area contributed by atoms with Crippen molar-refractivity contribution in [2.75, 3.05) is 13.1 Å². The molecule has 0 bridgehead atoms. The van der Waals surface area contributed by atoms with Crippen LogP contribution in [0.3, 0.4) is 0 Å². The van der Waals surface area contributed by atoms with Gasteiger partial charge in [0, 0.05) is 13.1 Å². The van der Waals surface area contributed by atoms with Crippen molar-refractivity contribution in [3.8, 4) is 0 Å². The Kier molecular flexibility index (Phi) is 6.07. The molecule has 0 radical (unpaired) electrons. The van der Waals surface area contributed by atoms with Crippen molar-refractivity contribution in [2.45, 2.75) is 38.6 Å². The predicted octanol–water partition coefficient (Wildman–Crippen LogP) is 1.12. The van der Waals surface area contributed by atoms with E-state index in [1.807, 2.05) is 20.8 Å². The summed E-state index contributed by atoms with van der Waals surface area (Å²) in [6.45, 7) is 7.25. The van der Waals surface area contributed by atoms with E-state index in [0.29, 0.717) is 0 Å². The van der Waals surface area contributed by atoms with Crippen LogP contribution in [0.2, 0.25) is 0 Å². The molecule has 112 valence electrons. The minimum Gasteiger partial charge on any atom is -0.475 e. The van der Waals surface area contributed by atoms with E-state index in [9.17, 15) is 18.0 Å². The van der Waals surface area contributed by atoms with Crippen LogP contribution < -0.4 is 10.6 Å². The Morgan fingerprint density at radius 3 is 1.89 bits per heavy atom. The molecule has 0 atom stereocenters. The Labute approximate surface area is 108 Å². The zero-order chi connectivity index (χ0) is 15.3. The van der Waals surface area contributed by atoms with Crippen LogP contribution >= 0.6 is 0 Å². The fraction of sp³-hybridized carbons (Fsp3) is 0.800. The van der Waals surface area contributed by atoms with Crippen LogP contribution in [0.4, 0.5) is 18.0 Å². The number of carboxylic acids is 1. The molecule has 1 heterocycles. The minimum absolute atomic E-state index is 0.250. The number of hydrogen-bond acceptors (Lipinski definition) is 4. The first-order valence-electron chi connectivity index (χ1n) is 5.42. The molecular weight excluding hydrogens is 269 g/mol. The number of hydrogen-bond donors (Lipinski definition) is 3. The number of rotatable bonds is 1. The van der Waals surface area contributed by atoms with Crippen LogP contribution in [0.15, 0.2) is 0 Å². The number of carboxylic acid groups (broad SMARTS) is 1. The zero-order valence-corrected chi connectivity index (χ0v) is 10.8. The third-order valence-electron chi connectivity index (χ3n) is 1.74. The van der Waals surface area contributed by atoms with E-state index in [1.165, 1.54) is 0 Å². The largest absolute Gasteiger partial charge is 0.490 e. The molecule has 0 aromatic heterocycles. The maximum atomic E-state index is 11.1. The molecule has 9 heteroatoms. The zero-order valence-electron chi connectivity index (χ0n) is 10.8.